The minimum absolute atomic E-state index is 0.0208. The Morgan fingerprint density at radius 3 is 3.00 bits per heavy atom. The predicted molar refractivity (Wildman–Crippen MR) is 74.4 cm³/mol. The van der Waals surface area contributed by atoms with Crippen molar-refractivity contribution in [2.24, 2.45) is 7.05 Å². The highest BCUT2D eigenvalue weighted by Crippen LogP contribution is 2.28. The summed E-state index contributed by atoms with van der Waals surface area (Å²) in [5, 5.41) is 11.4. The van der Waals surface area contributed by atoms with Crippen LogP contribution in [0.1, 0.15) is 40.5 Å². The summed E-state index contributed by atoms with van der Waals surface area (Å²) >= 11 is 0. The quantitative estimate of drug-likeness (QED) is 0.901. The number of hydrogen-bond donors (Lipinski definition) is 1. The molecule has 1 aliphatic heterocycles. The van der Waals surface area contributed by atoms with Crippen LogP contribution < -0.4 is 0 Å². The third kappa shape index (κ3) is 2.33. The maximum Gasteiger partial charge on any atom is 0.274 e. The molecule has 106 valence electrons. The van der Waals surface area contributed by atoms with Gasteiger partial charge in [-0.2, -0.15) is 10.2 Å². The van der Waals surface area contributed by atoms with Gasteiger partial charge in [0.15, 0.2) is 0 Å². The second-order valence-corrected chi connectivity index (χ2v) is 5.43. The lowest BCUT2D eigenvalue weighted by molar-refractivity contribution is 0.0699. The van der Waals surface area contributed by atoms with Crippen molar-refractivity contribution in [2.45, 2.75) is 25.7 Å². The van der Waals surface area contributed by atoms with Gasteiger partial charge in [0.2, 0.25) is 0 Å². The number of carbonyl (C=O) groups is 1. The summed E-state index contributed by atoms with van der Waals surface area (Å²) < 4.78 is 1.66. The normalized spacial score (nSPS) is 19.3. The number of aromatic amines is 1. The Labute approximate surface area is 117 Å². The molecule has 0 aliphatic carbocycles. The molecule has 1 saturated heterocycles. The van der Waals surface area contributed by atoms with Crippen molar-refractivity contribution >= 4 is 5.91 Å². The summed E-state index contributed by atoms with van der Waals surface area (Å²) in [5.74, 6) is 0.367. The molecular weight excluding hydrogens is 254 g/mol. The number of hydrogen-bond acceptors (Lipinski definition) is 3. The van der Waals surface area contributed by atoms with Crippen LogP contribution in [-0.2, 0) is 7.05 Å². The first-order chi connectivity index (χ1) is 9.65. The van der Waals surface area contributed by atoms with Gasteiger partial charge in [0.1, 0.15) is 5.69 Å². The minimum Gasteiger partial charge on any atom is -0.337 e. The number of nitrogens with one attached hydrogen (secondary N) is 1. The fraction of sp³-hybridized carbons (Fsp3) is 0.500. The number of H-pyrrole nitrogens is 1. The first-order valence-corrected chi connectivity index (χ1v) is 6.94. The van der Waals surface area contributed by atoms with Gasteiger partial charge in [0, 0.05) is 37.9 Å². The van der Waals surface area contributed by atoms with E-state index in [-0.39, 0.29) is 5.91 Å². The van der Waals surface area contributed by atoms with E-state index in [1.807, 2.05) is 18.1 Å². The van der Waals surface area contributed by atoms with Gasteiger partial charge < -0.3 is 4.90 Å². The van der Waals surface area contributed by atoms with Gasteiger partial charge in [-0.3, -0.25) is 14.6 Å². The number of aromatic nitrogens is 4. The third-order valence-electron chi connectivity index (χ3n) is 3.92. The Morgan fingerprint density at radius 1 is 1.50 bits per heavy atom. The van der Waals surface area contributed by atoms with Crippen molar-refractivity contribution < 1.29 is 4.79 Å². The molecule has 2 aromatic heterocycles. The number of nitrogens with zero attached hydrogens (tertiary/aromatic N) is 4. The second-order valence-electron chi connectivity index (χ2n) is 5.43. The van der Waals surface area contributed by atoms with Gasteiger partial charge in [0.05, 0.1) is 6.20 Å². The highest BCUT2D eigenvalue weighted by molar-refractivity contribution is 5.92. The van der Waals surface area contributed by atoms with Crippen molar-refractivity contribution in [1.82, 2.24) is 24.9 Å². The molecule has 1 unspecified atom stereocenters. The summed E-state index contributed by atoms with van der Waals surface area (Å²) in [6, 6.07) is 1.77. The molecule has 0 radical (unpaired) electrons. The van der Waals surface area contributed by atoms with E-state index < -0.39 is 0 Å². The average molecular weight is 273 g/mol. The molecule has 1 N–H and O–H groups in total. The van der Waals surface area contributed by atoms with Gasteiger partial charge in [-0.1, -0.05) is 0 Å². The molecule has 1 atom stereocenters. The summed E-state index contributed by atoms with van der Waals surface area (Å²) in [7, 11) is 1.82. The molecule has 3 heterocycles. The van der Waals surface area contributed by atoms with Crippen molar-refractivity contribution in [2.75, 3.05) is 13.1 Å². The zero-order chi connectivity index (χ0) is 14.1. The number of aryl methyl sites for hydroxylation is 2. The molecule has 2 aromatic rings. The molecule has 1 amide bonds. The molecule has 1 fully saturated rings. The van der Waals surface area contributed by atoms with Gasteiger partial charge in [0.25, 0.3) is 5.91 Å². The van der Waals surface area contributed by atoms with Crippen LogP contribution >= 0.6 is 0 Å². The fourth-order valence-corrected chi connectivity index (χ4v) is 2.86. The summed E-state index contributed by atoms with van der Waals surface area (Å²) in [6.07, 6.45) is 5.75. The van der Waals surface area contributed by atoms with E-state index in [0.717, 1.165) is 31.6 Å². The second kappa shape index (κ2) is 5.11. The van der Waals surface area contributed by atoms with Gasteiger partial charge in [-0.15, -0.1) is 0 Å². The van der Waals surface area contributed by atoms with Crippen LogP contribution in [0.5, 0.6) is 0 Å². The number of piperidine rings is 1. The molecule has 0 bridgehead atoms. The number of likely N-dealkylation sites (tertiary alicyclic amines) is 1. The lowest BCUT2D eigenvalue weighted by Gasteiger charge is -2.32. The largest absolute Gasteiger partial charge is 0.337 e. The highest BCUT2D eigenvalue weighted by atomic mass is 16.2. The molecule has 20 heavy (non-hydrogen) atoms. The van der Waals surface area contributed by atoms with Gasteiger partial charge in [-0.25, -0.2) is 0 Å². The van der Waals surface area contributed by atoms with Crippen molar-refractivity contribution in [3.8, 4) is 0 Å². The Kier molecular flexibility index (Phi) is 3.30. The fourth-order valence-electron chi connectivity index (χ4n) is 2.86. The van der Waals surface area contributed by atoms with Crippen LogP contribution in [0.2, 0.25) is 0 Å². The zero-order valence-corrected chi connectivity index (χ0v) is 11.8. The number of amides is 1. The third-order valence-corrected chi connectivity index (χ3v) is 3.92. The molecule has 6 heteroatoms. The Balaban J connectivity index is 1.75. The summed E-state index contributed by atoms with van der Waals surface area (Å²) in [4.78, 5) is 14.3. The number of rotatable bonds is 2. The zero-order valence-electron chi connectivity index (χ0n) is 11.8. The van der Waals surface area contributed by atoms with E-state index in [4.69, 9.17) is 0 Å². The topological polar surface area (TPSA) is 66.8 Å². The molecule has 0 aromatic carbocycles. The lowest BCUT2D eigenvalue weighted by Crippen LogP contribution is -2.39. The molecule has 6 nitrogen and oxygen atoms in total. The first kappa shape index (κ1) is 12.9. The first-order valence-electron chi connectivity index (χ1n) is 6.94. The molecule has 0 spiro atoms. The summed E-state index contributed by atoms with van der Waals surface area (Å²) in [5.41, 5.74) is 2.85. The monoisotopic (exact) mass is 273 g/mol. The lowest BCUT2D eigenvalue weighted by atomic mass is 9.93. The SMILES string of the molecule is Cc1cn[nH]c1C1CCCN(C(=O)c2ccn(C)n2)C1. The average Bonchev–Trinajstić information content (AvgIpc) is 3.07. The van der Waals surface area contributed by atoms with E-state index in [9.17, 15) is 4.79 Å². The van der Waals surface area contributed by atoms with Crippen molar-refractivity contribution in [1.29, 1.82) is 0 Å². The molecule has 3 rings (SSSR count). The summed E-state index contributed by atoms with van der Waals surface area (Å²) in [6.45, 7) is 3.59. The standard InChI is InChI=1S/C14H19N5O/c1-10-8-15-16-13(10)11-4-3-6-19(9-11)14(20)12-5-7-18(2)17-12/h5,7-8,11H,3-4,6,9H2,1-2H3,(H,15,16). The Hall–Kier alpha value is -2.11. The van der Waals surface area contributed by atoms with Crippen LogP contribution in [-0.4, -0.2) is 43.9 Å². The van der Waals surface area contributed by atoms with Crippen LogP contribution in [0.15, 0.2) is 18.5 Å². The van der Waals surface area contributed by atoms with E-state index in [0.29, 0.717) is 11.6 Å². The smallest absolute Gasteiger partial charge is 0.274 e. The molecular formula is C14H19N5O. The van der Waals surface area contributed by atoms with Crippen molar-refractivity contribution in [3.05, 3.63) is 35.4 Å². The maximum absolute atomic E-state index is 12.4. The van der Waals surface area contributed by atoms with E-state index >= 15 is 0 Å². The van der Waals surface area contributed by atoms with Crippen LogP contribution in [0, 0.1) is 6.92 Å². The van der Waals surface area contributed by atoms with E-state index in [1.54, 1.807) is 16.9 Å². The van der Waals surface area contributed by atoms with Crippen molar-refractivity contribution in [3.63, 3.8) is 0 Å². The maximum atomic E-state index is 12.4. The number of carbonyl (C=O) groups excluding carboxylic acids is 1. The Bertz CT molecular complexity index is 615. The van der Waals surface area contributed by atoms with E-state index in [2.05, 4.69) is 22.2 Å². The Morgan fingerprint density at radius 2 is 2.35 bits per heavy atom. The highest BCUT2D eigenvalue weighted by Gasteiger charge is 2.28. The minimum atomic E-state index is 0.0208. The predicted octanol–water partition coefficient (Wildman–Crippen LogP) is 1.47. The van der Waals surface area contributed by atoms with Crippen LogP contribution in [0.3, 0.4) is 0 Å². The van der Waals surface area contributed by atoms with Crippen LogP contribution in [0.4, 0.5) is 0 Å². The van der Waals surface area contributed by atoms with E-state index in [1.165, 1.54) is 5.56 Å². The van der Waals surface area contributed by atoms with Crippen LogP contribution in [0.25, 0.3) is 0 Å². The molecule has 0 saturated carbocycles. The molecule has 1 aliphatic rings. The van der Waals surface area contributed by atoms with Gasteiger partial charge in [-0.05, 0) is 31.4 Å². The van der Waals surface area contributed by atoms with Gasteiger partial charge >= 0.3 is 0 Å².